The Morgan fingerprint density at radius 3 is 2.39 bits per heavy atom. The Hall–Kier alpha value is -2.95. The number of hydrogen-bond donors (Lipinski definition) is 1. The van der Waals surface area contributed by atoms with Crippen molar-refractivity contribution >= 4 is 16.9 Å². The monoisotopic (exact) mass is 311 g/mol. The quantitative estimate of drug-likeness (QED) is 0.719. The van der Waals surface area contributed by atoms with Crippen LogP contribution < -0.4 is 9.47 Å². The maximum Gasteiger partial charge on any atom is 0.354 e. The smallest absolute Gasteiger partial charge is 0.354 e. The number of nitrogens with one attached hydrogen (secondary N) is 1. The molecule has 2 aromatic carbocycles. The average Bonchev–Trinajstić information content (AvgIpc) is 2.99. The number of hydrogen-bond acceptors (Lipinski definition) is 4. The molecule has 1 heterocycles. The van der Waals surface area contributed by atoms with Crippen LogP contribution in [0.15, 0.2) is 48.5 Å². The van der Waals surface area contributed by atoms with E-state index in [1.165, 1.54) is 0 Å². The zero-order valence-corrected chi connectivity index (χ0v) is 13.0. The Morgan fingerprint density at radius 2 is 1.70 bits per heavy atom. The van der Waals surface area contributed by atoms with Gasteiger partial charge in [0.15, 0.2) is 0 Å². The Bertz CT molecular complexity index is 821. The first kappa shape index (κ1) is 15.0. The Labute approximate surface area is 133 Å². The lowest BCUT2D eigenvalue weighted by atomic mass is 10.2. The number of carbonyl (C=O) groups excluding carboxylic acids is 1. The molecule has 1 N–H and O–H groups in total. The summed E-state index contributed by atoms with van der Waals surface area (Å²) in [5, 5.41) is 0.888. The van der Waals surface area contributed by atoms with Gasteiger partial charge in [-0.05, 0) is 55.5 Å². The van der Waals surface area contributed by atoms with Crippen LogP contribution in [0.5, 0.6) is 17.2 Å². The summed E-state index contributed by atoms with van der Waals surface area (Å²) in [5.74, 6) is 1.82. The van der Waals surface area contributed by atoms with Gasteiger partial charge in [0.25, 0.3) is 0 Å². The molecule has 23 heavy (non-hydrogen) atoms. The Balaban J connectivity index is 1.82. The van der Waals surface area contributed by atoms with E-state index in [1.54, 1.807) is 20.1 Å². The minimum atomic E-state index is -0.360. The van der Waals surface area contributed by atoms with Crippen molar-refractivity contribution in [1.82, 2.24) is 4.98 Å². The van der Waals surface area contributed by atoms with Gasteiger partial charge in [-0.2, -0.15) is 0 Å². The standard InChI is InChI=1S/C18H17NO4/c1-3-22-18(20)17-11-12-10-15(8-9-16(12)19-17)23-14-6-4-13(21-2)5-7-14/h4-11,19H,3H2,1-2H3. The molecule has 0 spiro atoms. The van der Waals surface area contributed by atoms with Crippen molar-refractivity contribution in [1.29, 1.82) is 0 Å². The van der Waals surface area contributed by atoms with Gasteiger partial charge < -0.3 is 19.2 Å². The third-order valence-electron chi connectivity index (χ3n) is 3.38. The van der Waals surface area contributed by atoms with Crippen LogP contribution in [0.2, 0.25) is 0 Å². The molecule has 0 atom stereocenters. The summed E-state index contributed by atoms with van der Waals surface area (Å²) in [5.41, 5.74) is 1.29. The first-order valence-electron chi connectivity index (χ1n) is 7.31. The van der Waals surface area contributed by atoms with Crippen LogP contribution in [-0.2, 0) is 4.74 Å². The van der Waals surface area contributed by atoms with Crippen molar-refractivity contribution in [2.24, 2.45) is 0 Å². The number of esters is 1. The van der Waals surface area contributed by atoms with Crippen molar-refractivity contribution in [3.05, 3.63) is 54.2 Å². The summed E-state index contributed by atoms with van der Waals surface area (Å²) in [4.78, 5) is 14.8. The summed E-state index contributed by atoms with van der Waals surface area (Å²) in [6.07, 6.45) is 0. The maximum absolute atomic E-state index is 11.8. The lowest BCUT2D eigenvalue weighted by Crippen LogP contribution is -2.04. The number of ether oxygens (including phenoxy) is 3. The fourth-order valence-corrected chi connectivity index (χ4v) is 2.27. The zero-order chi connectivity index (χ0) is 16.2. The van der Waals surface area contributed by atoms with Crippen molar-refractivity contribution in [3.63, 3.8) is 0 Å². The molecular weight excluding hydrogens is 294 g/mol. The predicted octanol–water partition coefficient (Wildman–Crippen LogP) is 4.15. The molecule has 0 aliphatic carbocycles. The van der Waals surface area contributed by atoms with Crippen molar-refractivity contribution in [2.75, 3.05) is 13.7 Å². The summed E-state index contributed by atoms with van der Waals surface area (Å²) >= 11 is 0. The van der Waals surface area contributed by atoms with Gasteiger partial charge in [-0.15, -0.1) is 0 Å². The summed E-state index contributed by atoms with van der Waals surface area (Å²) in [7, 11) is 1.62. The molecule has 5 nitrogen and oxygen atoms in total. The Morgan fingerprint density at radius 1 is 1.00 bits per heavy atom. The van der Waals surface area contributed by atoms with Crippen LogP contribution >= 0.6 is 0 Å². The minimum Gasteiger partial charge on any atom is -0.497 e. The molecule has 0 aliphatic heterocycles. The van der Waals surface area contributed by atoms with E-state index in [0.717, 1.165) is 16.7 Å². The lowest BCUT2D eigenvalue weighted by Gasteiger charge is -2.06. The number of aromatic nitrogens is 1. The molecule has 0 aliphatic rings. The molecule has 0 saturated heterocycles. The molecular formula is C18H17NO4. The minimum absolute atomic E-state index is 0.347. The highest BCUT2D eigenvalue weighted by atomic mass is 16.5. The van der Waals surface area contributed by atoms with E-state index < -0.39 is 0 Å². The highest BCUT2D eigenvalue weighted by Gasteiger charge is 2.11. The largest absolute Gasteiger partial charge is 0.497 e. The van der Waals surface area contributed by atoms with Crippen LogP contribution in [0.4, 0.5) is 0 Å². The number of methoxy groups -OCH3 is 1. The van der Waals surface area contributed by atoms with Gasteiger partial charge in [0.05, 0.1) is 13.7 Å². The highest BCUT2D eigenvalue weighted by Crippen LogP contribution is 2.27. The van der Waals surface area contributed by atoms with Crippen LogP contribution in [0, 0.1) is 0 Å². The molecule has 1 aromatic heterocycles. The van der Waals surface area contributed by atoms with E-state index in [1.807, 2.05) is 42.5 Å². The van der Waals surface area contributed by atoms with Crippen LogP contribution in [0.3, 0.4) is 0 Å². The van der Waals surface area contributed by atoms with Gasteiger partial charge in [-0.25, -0.2) is 4.79 Å². The number of aromatic amines is 1. The second-order valence-corrected chi connectivity index (χ2v) is 4.93. The molecule has 0 bridgehead atoms. The molecule has 118 valence electrons. The molecule has 0 radical (unpaired) electrons. The molecule has 0 fully saturated rings. The molecule has 0 amide bonds. The number of rotatable bonds is 5. The molecule has 5 heteroatoms. The summed E-state index contributed by atoms with van der Waals surface area (Å²) in [6, 6.07) is 14.7. The summed E-state index contributed by atoms with van der Waals surface area (Å²) < 4.78 is 15.9. The third-order valence-corrected chi connectivity index (χ3v) is 3.38. The second-order valence-electron chi connectivity index (χ2n) is 4.93. The van der Waals surface area contributed by atoms with Gasteiger partial charge >= 0.3 is 5.97 Å². The van der Waals surface area contributed by atoms with Crippen LogP contribution in [0.25, 0.3) is 10.9 Å². The predicted molar refractivity (Wildman–Crippen MR) is 87.3 cm³/mol. The first-order valence-corrected chi connectivity index (χ1v) is 7.31. The fourth-order valence-electron chi connectivity index (χ4n) is 2.27. The third kappa shape index (κ3) is 3.29. The topological polar surface area (TPSA) is 60.6 Å². The number of H-pyrrole nitrogens is 1. The van der Waals surface area contributed by atoms with Gasteiger partial charge in [-0.3, -0.25) is 0 Å². The van der Waals surface area contributed by atoms with Gasteiger partial charge in [0, 0.05) is 10.9 Å². The number of carbonyl (C=O) groups is 1. The second kappa shape index (κ2) is 6.44. The average molecular weight is 311 g/mol. The molecule has 3 aromatic rings. The van der Waals surface area contributed by atoms with Gasteiger partial charge in [-0.1, -0.05) is 0 Å². The van der Waals surface area contributed by atoms with E-state index in [0.29, 0.717) is 23.8 Å². The molecule has 0 saturated carbocycles. The van der Waals surface area contributed by atoms with E-state index >= 15 is 0 Å². The van der Waals surface area contributed by atoms with Crippen molar-refractivity contribution in [2.45, 2.75) is 6.92 Å². The highest BCUT2D eigenvalue weighted by molar-refractivity contribution is 5.95. The van der Waals surface area contributed by atoms with Crippen molar-refractivity contribution in [3.8, 4) is 17.2 Å². The first-order chi connectivity index (χ1) is 11.2. The summed E-state index contributed by atoms with van der Waals surface area (Å²) in [6.45, 7) is 2.13. The van der Waals surface area contributed by atoms with Crippen molar-refractivity contribution < 1.29 is 19.0 Å². The lowest BCUT2D eigenvalue weighted by molar-refractivity contribution is 0.0520. The number of fused-ring (bicyclic) bond motifs is 1. The van der Waals surface area contributed by atoms with Crippen LogP contribution in [-0.4, -0.2) is 24.7 Å². The van der Waals surface area contributed by atoms with E-state index in [-0.39, 0.29) is 5.97 Å². The number of benzene rings is 2. The van der Waals surface area contributed by atoms with E-state index in [2.05, 4.69) is 4.98 Å². The maximum atomic E-state index is 11.8. The van der Waals surface area contributed by atoms with Gasteiger partial charge in [0.2, 0.25) is 0 Å². The van der Waals surface area contributed by atoms with E-state index in [4.69, 9.17) is 14.2 Å². The normalized spacial score (nSPS) is 10.5. The van der Waals surface area contributed by atoms with Crippen LogP contribution in [0.1, 0.15) is 17.4 Å². The SMILES string of the molecule is CCOC(=O)c1cc2cc(Oc3ccc(OC)cc3)ccc2[nH]1. The van der Waals surface area contributed by atoms with E-state index in [9.17, 15) is 4.79 Å². The Kier molecular flexibility index (Phi) is 4.19. The molecule has 3 rings (SSSR count). The zero-order valence-electron chi connectivity index (χ0n) is 13.0. The molecule has 0 unspecified atom stereocenters. The fraction of sp³-hybridized carbons (Fsp3) is 0.167. The van der Waals surface area contributed by atoms with Gasteiger partial charge in [0.1, 0.15) is 22.9 Å².